The van der Waals surface area contributed by atoms with Gasteiger partial charge in [0.1, 0.15) is 6.04 Å². The smallest absolute Gasteiger partial charge is 0.262 e. The van der Waals surface area contributed by atoms with Crippen LogP contribution < -0.4 is 16.0 Å². The number of hydrogen-bond acceptors (Lipinski definition) is 6. The lowest BCUT2D eigenvalue weighted by Crippen LogP contribution is -2.54. The van der Waals surface area contributed by atoms with Gasteiger partial charge in [-0.1, -0.05) is 24.3 Å². The van der Waals surface area contributed by atoms with Gasteiger partial charge in [-0.3, -0.25) is 29.4 Å². The van der Waals surface area contributed by atoms with E-state index in [2.05, 4.69) is 34.1 Å². The zero-order valence-corrected chi connectivity index (χ0v) is 16.9. The number of nitrogens with zero attached hydrogens (tertiary/aromatic N) is 1. The van der Waals surface area contributed by atoms with Crippen LogP contribution in [-0.2, 0) is 35.8 Å². The summed E-state index contributed by atoms with van der Waals surface area (Å²) >= 11 is 0. The van der Waals surface area contributed by atoms with Crippen LogP contribution in [0.25, 0.3) is 0 Å². The molecule has 0 spiro atoms. The number of carbonyl (C=O) groups is 4. The number of amides is 4. The molecule has 0 saturated carbocycles. The Hall–Kier alpha value is -3.36. The minimum absolute atomic E-state index is 0.109. The lowest BCUT2D eigenvalue weighted by Gasteiger charge is -2.27. The molecule has 1 atom stereocenters. The van der Waals surface area contributed by atoms with E-state index in [9.17, 15) is 19.2 Å². The summed E-state index contributed by atoms with van der Waals surface area (Å²) in [6.45, 7) is 3.02. The van der Waals surface area contributed by atoms with E-state index in [-0.39, 0.29) is 18.7 Å². The monoisotopic (exact) mass is 418 g/mol. The molecule has 1 unspecified atom stereocenters. The van der Waals surface area contributed by atoms with Gasteiger partial charge in [-0.05, 0) is 40.8 Å². The molecule has 8 nitrogen and oxygen atoms in total. The van der Waals surface area contributed by atoms with Gasteiger partial charge in [0.15, 0.2) is 0 Å². The Morgan fingerprint density at radius 2 is 1.81 bits per heavy atom. The first-order valence-electron chi connectivity index (χ1n) is 10.4. The van der Waals surface area contributed by atoms with E-state index in [1.165, 1.54) is 16.7 Å². The van der Waals surface area contributed by atoms with Crippen LogP contribution in [0.1, 0.15) is 55.8 Å². The summed E-state index contributed by atoms with van der Waals surface area (Å²) in [5.74, 6) is -1.95. The fourth-order valence-electron chi connectivity index (χ4n) is 4.54. The standard InChI is InChI=1S/C23H22N4O4/c28-20-7-6-19(21(29)26-20)27-22(30)16-5-4-13(8-17(16)23(27)31)9-24-10-14-2-1-3-15-11-25-12-18(14)15/h1-5,8,19,24-25H,6-7,9-12H2,(H,26,28,29). The van der Waals surface area contributed by atoms with Gasteiger partial charge in [-0.15, -0.1) is 0 Å². The molecule has 158 valence electrons. The molecule has 2 aromatic rings. The van der Waals surface area contributed by atoms with E-state index in [0.29, 0.717) is 24.2 Å². The van der Waals surface area contributed by atoms with Crippen LogP contribution in [0, 0.1) is 0 Å². The third-order valence-corrected chi connectivity index (χ3v) is 6.14. The van der Waals surface area contributed by atoms with Crippen molar-refractivity contribution < 1.29 is 19.2 Å². The Labute approximate surface area is 179 Å². The molecule has 0 aliphatic carbocycles. The summed E-state index contributed by atoms with van der Waals surface area (Å²) in [5.41, 5.74) is 5.40. The van der Waals surface area contributed by atoms with Gasteiger partial charge in [0, 0.05) is 32.6 Å². The summed E-state index contributed by atoms with van der Waals surface area (Å²) in [5, 5.41) is 8.98. The van der Waals surface area contributed by atoms with Crippen molar-refractivity contribution in [2.24, 2.45) is 0 Å². The average molecular weight is 418 g/mol. The summed E-state index contributed by atoms with van der Waals surface area (Å²) in [6.07, 6.45) is 0.262. The predicted molar refractivity (Wildman–Crippen MR) is 111 cm³/mol. The molecule has 5 rings (SSSR count). The maximum atomic E-state index is 12.9. The van der Waals surface area contributed by atoms with Gasteiger partial charge in [-0.2, -0.15) is 0 Å². The molecule has 0 radical (unpaired) electrons. The number of imide groups is 2. The molecule has 3 heterocycles. The van der Waals surface area contributed by atoms with Crippen LogP contribution >= 0.6 is 0 Å². The minimum atomic E-state index is -0.944. The fourth-order valence-corrected chi connectivity index (χ4v) is 4.54. The van der Waals surface area contributed by atoms with E-state index < -0.39 is 23.8 Å². The third kappa shape index (κ3) is 3.43. The molecule has 31 heavy (non-hydrogen) atoms. The van der Waals surface area contributed by atoms with Crippen LogP contribution in [0.4, 0.5) is 0 Å². The number of nitrogens with one attached hydrogen (secondary N) is 3. The predicted octanol–water partition coefficient (Wildman–Crippen LogP) is 0.981. The van der Waals surface area contributed by atoms with E-state index in [1.54, 1.807) is 12.1 Å². The number of benzene rings is 2. The van der Waals surface area contributed by atoms with Crippen molar-refractivity contribution in [1.29, 1.82) is 0 Å². The van der Waals surface area contributed by atoms with Gasteiger partial charge in [0.2, 0.25) is 11.8 Å². The molecule has 8 heteroatoms. The number of piperidine rings is 1. The Morgan fingerprint density at radius 1 is 0.968 bits per heavy atom. The molecule has 1 saturated heterocycles. The molecular weight excluding hydrogens is 396 g/mol. The highest BCUT2D eigenvalue weighted by molar-refractivity contribution is 6.23. The Bertz CT molecular complexity index is 1130. The Balaban J connectivity index is 1.29. The number of rotatable bonds is 5. The van der Waals surface area contributed by atoms with Crippen molar-refractivity contribution in [3.05, 3.63) is 69.8 Å². The molecule has 1 fully saturated rings. The van der Waals surface area contributed by atoms with Crippen LogP contribution in [0.3, 0.4) is 0 Å². The minimum Gasteiger partial charge on any atom is -0.309 e. The van der Waals surface area contributed by atoms with Crippen LogP contribution in [0.15, 0.2) is 36.4 Å². The quantitative estimate of drug-likeness (QED) is 0.625. The normalized spacial score (nSPS) is 20.1. The second kappa shape index (κ2) is 7.72. The first-order valence-corrected chi connectivity index (χ1v) is 10.4. The van der Waals surface area contributed by atoms with Crippen LogP contribution in [-0.4, -0.2) is 34.6 Å². The lowest BCUT2D eigenvalue weighted by molar-refractivity contribution is -0.136. The van der Waals surface area contributed by atoms with E-state index in [0.717, 1.165) is 23.6 Å². The summed E-state index contributed by atoms with van der Waals surface area (Å²) in [7, 11) is 0. The molecule has 3 aliphatic heterocycles. The maximum absolute atomic E-state index is 12.9. The van der Waals surface area contributed by atoms with Gasteiger partial charge in [-0.25, -0.2) is 0 Å². The van der Waals surface area contributed by atoms with Crippen molar-refractivity contribution >= 4 is 23.6 Å². The first kappa shape index (κ1) is 19.6. The van der Waals surface area contributed by atoms with Crippen LogP contribution in [0.2, 0.25) is 0 Å². The first-order chi connectivity index (χ1) is 15.0. The third-order valence-electron chi connectivity index (χ3n) is 6.14. The van der Waals surface area contributed by atoms with Gasteiger partial charge < -0.3 is 10.6 Å². The van der Waals surface area contributed by atoms with Gasteiger partial charge in [0.05, 0.1) is 11.1 Å². The van der Waals surface area contributed by atoms with E-state index >= 15 is 0 Å². The zero-order valence-electron chi connectivity index (χ0n) is 16.9. The van der Waals surface area contributed by atoms with E-state index in [4.69, 9.17) is 0 Å². The highest BCUT2D eigenvalue weighted by Gasteiger charge is 2.44. The van der Waals surface area contributed by atoms with Crippen molar-refractivity contribution in [3.8, 4) is 0 Å². The van der Waals surface area contributed by atoms with Crippen molar-refractivity contribution in [2.75, 3.05) is 0 Å². The maximum Gasteiger partial charge on any atom is 0.262 e. The Kier molecular flexibility index (Phi) is 4.88. The topological polar surface area (TPSA) is 108 Å². The molecule has 0 bridgehead atoms. The second-order valence-electron chi connectivity index (χ2n) is 8.09. The molecule has 3 aliphatic rings. The SMILES string of the molecule is O=C1CCC(N2C(=O)c3ccc(CNCc4cccc5c4CNC5)cc3C2=O)C(=O)N1. The second-order valence-corrected chi connectivity index (χ2v) is 8.09. The van der Waals surface area contributed by atoms with Gasteiger partial charge >= 0.3 is 0 Å². The Morgan fingerprint density at radius 3 is 2.65 bits per heavy atom. The highest BCUT2D eigenvalue weighted by atomic mass is 16.2. The summed E-state index contributed by atoms with van der Waals surface area (Å²) in [4.78, 5) is 50.2. The zero-order chi connectivity index (χ0) is 21.5. The highest BCUT2D eigenvalue weighted by Crippen LogP contribution is 2.28. The summed E-state index contributed by atoms with van der Waals surface area (Å²) in [6, 6.07) is 10.5. The number of hydrogen-bond donors (Lipinski definition) is 3. The number of fused-ring (bicyclic) bond motifs is 2. The molecule has 3 N–H and O–H groups in total. The van der Waals surface area contributed by atoms with Crippen LogP contribution in [0.5, 0.6) is 0 Å². The van der Waals surface area contributed by atoms with E-state index in [1.807, 2.05) is 6.07 Å². The largest absolute Gasteiger partial charge is 0.309 e. The summed E-state index contributed by atoms with van der Waals surface area (Å²) < 4.78 is 0. The molecule has 4 amide bonds. The lowest BCUT2D eigenvalue weighted by atomic mass is 10.0. The molecular formula is C23H22N4O4. The molecule has 2 aromatic carbocycles. The van der Waals surface area contributed by atoms with Crippen molar-refractivity contribution in [3.63, 3.8) is 0 Å². The van der Waals surface area contributed by atoms with Crippen molar-refractivity contribution in [1.82, 2.24) is 20.9 Å². The van der Waals surface area contributed by atoms with Gasteiger partial charge in [0.25, 0.3) is 11.8 Å². The fraction of sp³-hybridized carbons (Fsp3) is 0.304. The number of carbonyl (C=O) groups excluding carboxylic acids is 4. The average Bonchev–Trinajstić information content (AvgIpc) is 3.33. The molecule has 0 aromatic heterocycles. The van der Waals surface area contributed by atoms with Crippen molar-refractivity contribution in [2.45, 2.75) is 45.1 Å².